The summed E-state index contributed by atoms with van der Waals surface area (Å²) >= 11 is 0. The highest BCUT2D eigenvalue weighted by atomic mass is 32.2. The van der Waals surface area contributed by atoms with Crippen molar-refractivity contribution in [2.45, 2.75) is 30.6 Å². The molecule has 0 heterocycles. The topological polar surface area (TPSA) is 63.6 Å². The average Bonchev–Trinajstić information content (AvgIpc) is 1.98. The van der Waals surface area contributed by atoms with Crippen LogP contribution in [-0.2, 0) is 14.9 Å². The van der Waals surface area contributed by atoms with E-state index in [9.17, 15) is 39.2 Å². The molecule has 0 bridgehead atoms. The predicted molar refractivity (Wildman–Crippen MR) is 38.0 cm³/mol. The maximum atomic E-state index is 12.4. The molecular weight excluding hydrogens is 289 g/mol. The van der Waals surface area contributed by atoms with Crippen LogP contribution in [0.15, 0.2) is 0 Å². The van der Waals surface area contributed by atoms with Crippen molar-refractivity contribution in [1.29, 1.82) is 0 Å². The van der Waals surface area contributed by atoms with Gasteiger partial charge < -0.3 is 0 Å². The van der Waals surface area contributed by atoms with Crippen LogP contribution < -0.4 is 0 Å². The van der Waals surface area contributed by atoms with Crippen molar-refractivity contribution in [2.24, 2.45) is 0 Å². The lowest BCUT2D eigenvalue weighted by atomic mass is 10.4. The van der Waals surface area contributed by atoms with Crippen LogP contribution in [-0.4, -0.2) is 36.6 Å². The summed E-state index contributed by atoms with van der Waals surface area (Å²) in [6, 6.07) is 0. The van der Waals surface area contributed by atoms with Gasteiger partial charge in [-0.2, -0.15) is 26.0 Å². The van der Waals surface area contributed by atoms with Crippen LogP contribution in [0.5, 0.6) is 0 Å². The summed E-state index contributed by atoms with van der Waals surface area (Å²) in [4.78, 5) is 0. The fraction of sp³-hybridized carbons (Fsp3) is 1.00. The molecule has 0 radical (unpaired) electrons. The van der Waals surface area contributed by atoms with Gasteiger partial charge in [-0.15, -0.1) is 0 Å². The van der Waals surface area contributed by atoms with Crippen LogP contribution in [0.3, 0.4) is 0 Å². The second-order valence-electron chi connectivity index (χ2n) is 2.90. The van der Waals surface area contributed by atoms with Gasteiger partial charge in [0.25, 0.3) is 12.3 Å². The minimum Gasteiger partial charge on any atom is -0.281 e. The van der Waals surface area contributed by atoms with E-state index in [0.29, 0.717) is 0 Å². The van der Waals surface area contributed by atoms with Crippen LogP contribution in [0.2, 0.25) is 0 Å². The lowest BCUT2D eigenvalue weighted by Gasteiger charge is -2.26. The first-order valence-corrected chi connectivity index (χ1v) is 4.99. The molecule has 0 amide bonds. The van der Waals surface area contributed by atoms with Gasteiger partial charge in [0.15, 0.2) is 0 Å². The Balaban J connectivity index is 5.18. The van der Waals surface area contributed by atoms with Gasteiger partial charge in [-0.3, -0.25) is 9.29 Å². The van der Waals surface area contributed by atoms with Gasteiger partial charge in [0.1, 0.15) is 0 Å². The Labute approximate surface area is 90.1 Å². The molecule has 17 heavy (non-hydrogen) atoms. The molecule has 1 unspecified atom stereocenters. The SMILES string of the molecule is CC(F)(F)C(F)OC(F)(F)C(F)(F)S(=O)(=O)O. The molecule has 0 aliphatic carbocycles. The van der Waals surface area contributed by atoms with Crippen molar-refractivity contribution in [3.63, 3.8) is 0 Å². The van der Waals surface area contributed by atoms with Gasteiger partial charge in [0, 0.05) is 6.92 Å². The van der Waals surface area contributed by atoms with Gasteiger partial charge in [-0.25, -0.2) is 13.2 Å². The van der Waals surface area contributed by atoms with Gasteiger partial charge in [0.2, 0.25) is 0 Å². The van der Waals surface area contributed by atoms with Gasteiger partial charge in [-0.1, -0.05) is 0 Å². The Hall–Kier alpha value is -0.620. The zero-order valence-corrected chi connectivity index (χ0v) is 8.62. The molecule has 0 saturated heterocycles. The van der Waals surface area contributed by atoms with E-state index < -0.39 is 33.8 Å². The average molecular weight is 294 g/mol. The third kappa shape index (κ3) is 3.42. The summed E-state index contributed by atoms with van der Waals surface area (Å²) in [5.74, 6) is -4.57. The van der Waals surface area contributed by atoms with Crippen molar-refractivity contribution in [3.8, 4) is 0 Å². The molecule has 0 spiro atoms. The highest BCUT2D eigenvalue weighted by molar-refractivity contribution is 7.86. The highest BCUT2D eigenvalue weighted by Gasteiger charge is 2.69. The molecule has 12 heteroatoms. The summed E-state index contributed by atoms with van der Waals surface area (Å²) in [6.07, 6.45) is -10.4. The van der Waals surface area contributed by atoms with E-state index in [1.165, 1.54) is 0 Å². The second-order valence-corrected chi connectivity index (χ2v) is 4.36. The molecule has 0 saturated carbocycles. The number of hydrogen-bond donors (Lipinski definition) is 1. The third-order valence-corrected chi connectivity index (χ3v) is 2.20. The zero-order valence-electron chi connectivity index (χ0n) is 7.80. The monoisotopic (exact) mass is 294 g/mol. The van der Waals surface area contributed by atoms with Crippen molar-refractivity contribution in [1.82, 2.24) is 0 Å². The first kappa shape index (κ1) is 16.4. The molecule has 0 aromatic heterocycles. The maximum absolute atomic E-state index is 12.4. The van der Waals surface area contributed by atoms with Crippen LogP contribution >= 0.6 is 0 Å². The van der Waals surface area contributed by atoms with Crippen LogP contribution in [0, 0.1) is 0 Å². The Morgan fingerprint density at radius 3 is 1.71 bits per heavy atom. The Morgan fingerprint density at radius 2 is 1.47 bits per heavy atom. The van der Waals surface area contributed by atoms with E-state index in [0.717, 1.165) is 0 Å². The van der Waals surface area contributed by atoms with Crippen LogP contribution in [0.1, 0.15) is 6.92 Å². The lowest BCUT2D eigenvalue weighted by Crippen LogP contribution is -2.51. The fourth-order valence-corrected chi connectivity index (χ4v) is 0.801. The first-order valence-electron chi connectivity index (χ1n) is 3.55. The first-order chi connectivity index (χ1) is 7.13. The molecule has 0 aliphatic rings. The highest BCUT2D eigenvalue weighted by Crippen LogP contribution is 2.41. The molecular formula is C5H5F7O4S. The largest absolute Gasteiger partial charge is 0.460 e. The minimum absolute atomic E-state index is 0.265. The maximum Gasteiger partial charge on any atom is 0.460 e. The van der Waals surface area contributed by atoms with Crippen molar-refractivity contribution >= 4 is 10.1 Å². The van der Waals surface area contributed by atoms with E-state index in [4.69, 9.17) is 4.55 Å². The van der Waals surface area contributed by atoms with Crippen molar-refractivity contribution in [3.05, 3.63) is 0 Å². The molecule has 1 atom stereocenters. The van der Waals surface area contributed by atoms with Gasteiger partial charge in [0.05, 0.1) is 0 Å². The Kier molecular flexibility index (Phi) is 4.09. The molecule has 1 N–H and O–H groups in total. The summed E-state index contributed by atoms with van der Waals surface area (Å²) in [7, 11) is -6.67. The van der Waals surface area contributed by atoms with Crippen molar-refractivity contribution in [2.75, 3.05) is 0 Å². The Bertz CT molecular complexity index is 372. The molecule has 0 rings (SSSR count). The number of hydrogen-bond acceptors (Lipinski definition) is 3. The second kappa shape index (κ2) is 4.24. The number of ether oxygens (including phenoxy) is 1. The predicted octanol–water partition coefficient (Wildman–Crippen LogP) is 2.03. The van der Waals surface area contributed by atoms with Gasteiger partial charge in [-0.05, 0) is 0 Å². The molecule has 0 aromatic carbocycles. The van der Waals surface area contributed by atoms with Crippen LogP contribution in [0.4, 0.5) is 30.7 Å². The Morgan fingerprint density at radius 1 is 1.12 bits per heavy atom. The number of alkyl halides is 7. The molecule has 0 fully saturated rings. The van der Waals surface area contributed by atoms with E-state index in [1.807, 2.05) is 0 Å². The standard InChI is InChI=1S/C5H5F7O4S/c1-3(7,8)2(6)16-4(9,10)5(11,12)17(13,14)15/h2H,1H3,(H,13,14,15). The lowest BCUT2D eigenvalue weighted by molar-refractivity contribution is -0.375. The van der Waals surface area contributed by atoms with Crippen molar-refractivity contribution < 1.29 is 48.4 Å². The van der Waals surface area contributed by atoms with Gasteiger partial charge >= 0.3 is 21.5 Å². The number of rotatable bonds is 5. The summed E-state index contributed by atoms with van der Waals surface area (Å²) < 4.78 is 116. The molecule has 4 nitrogen and oxygen atoms in total. The van der Waals surface area contributed by atoms with E-state index >= 15 is 0 Å². The molecule has 0 aliphatic heterocycles. The summed E-state index contributed by atoms with van der Waals surface area (Å²) in [5, 5.41) is -6.27. The molecule has 0 aromatic rings. The minimum atomic E-state index is -6.67. The third-order valence-electron chi connectivity index (χ3n) is 1.31. The van der Waals surface area contributed by atoms with Crippen LogP contribution in [0.25, 0.3) is 0 Å². The van der Waals surface area contributed by atoms with E-state index in [1.54, 1.807) is 0 Å². The normalized spacial score (nSPS) is 17.0. The summed E-state index contributed by atoms with van der Waals surface area (Å²) in [5.41, 5.74) is 0. The van der Waals surface area contributed by atoms with E-state index in [-0.39, 0.29) is 6.92 Å². The summed E-state index contributed by atoms with van der Waals surface area (Å²) in [6.45, 7) is -0.265. The zero-order chi connectivity index (χ0) is 14.3. The smallest absolute Gasteiger partial charge is 0.281 e. The molecule has 104 valence electrons. The number of halogens is 7. The fourth-order valence-electron chi connectivity index (χ4n) is 0.452. The quantitative estimate of drug-likeness (QED) is 0.622. The van der Waals surface area contributed by atoms with E-state index in [2.05, 4.69) is 4.74 Å².